The van der Waals surface area contributed by atoms with Gasteiger partial charge in [0.15, 0.2) is 0 Å². The number of fused-ring (bicyclic) bond motifs is 4. The van der Waals surface area contributed by atoms with Gasteiger partial charge in [-0.25, -0.2) is 0 Å². The van der Waals surface area contributed by atoms with Crippen LogP contribution in [-0.4, -0.2) is 12.1 Å². The average molecular weight is 665 g/mol. The summed E-state index contributed by atoms with van der Waals surface area (Å²) in [5.74, 6) is 2.30. The van der Waals surface area contributed by atoms with Gasteiger partial charge in [-0.2, -0.15) is 0 Å². The highest BCUT2D eigenvalue weighted by atomic mass is 16.5. The number of hydrogen-bond donors (Lipinski definition) is 0. The molecule has 4 rings (SSSR count). The molecule has 0 aromatic carbocycles. The van der Waals surface area contributed by atoms with Gasteiger partial charge in [0.1, 0.15) is 6.10 Å². The van der Waals surface area contributed by atoms with Crippen LogP contribution in [0.1, 0.15) is 216 Å². The van der Waals surface area contributed by atoms with Crippen molar-refractivity contribution in [3.8, 4) is 0 Å². The average Bonchev–Trinajstić information content (AvgIpc) is 3.31. The Morgan fingerprint density at radius 3 is 1.98 bits per heavy atom. The summed E-state index contributed by atoms with van der Waals surface area (Å²) in [4.78, 5) is 13.1. The highest BCUT2D eigenvalue weighted by Gasteiger charge is 2.63. The number of carbonyl (C=O) groups is 1. The summed E-state index contributed by atoms with van der Waals surface area (Å²) < 4.78 is 6.38. The molecule has 0 aromatic rings. The molecule has 0 bridgehead atoms. The smallest absolute Gasteiger partial charge is 0.306 e. The molecule has 0 amide bonds. The van der Waals surface area contributed by atoms with Gasteiger partial charge in [-0.3, -0.25) is 4.79 Å². The summed E-state index contributed by atoms with van der Waals surface area (Å²) in [6.07, 6.45) is 33.2. The fourth-order valence-electron chi connectivity index (χ4n) is 12.2. The monoisotopic (exact) mass is 665 g/mol. The van der Waals surface area contributed by atoms with Crippen LogP contribution in [0.15, 0.2) is 22.8 Å². The second-order valence-electron chi connectivity index (χ2n) is 19.0. The fraction of sp³-hybridized carbons (Fsp3) is 0.891. The molecule has 2 unspecified atom stereocenters. The van der Waals surface area contributed by atoms with Gasteiger partial charge < -0.3 is 4.74 Å². The summed E-state index contributed by atoms with van der Waals surface area (Å²) in [6, 6.07) is 0. The molecule has 276 valence electrons. The molecule has 2 fully saturated rings. The van der Waals surface area contributed by atoms with Crippen molar-refractivity contribution in [3.05, 3.63) is 22.8 Å². The third-order valence-electron chi connectivity index (χ3n) is 15.4. The van der Waals surface area contributed by atoms with E-state index in [0.717, 1.165) is 24.7 Å². The third kappa shape index (κ3) is 8.69. The first-order valence-electron chi connectivity index (χ1n) is 21.4. The van der Waals surface area contributed by atoms with Gasteiger partial charge in [-0.15, -0.1) is 0 Å². The zero-order valence-electron chi connectivity index (χ0n) is 33.7. The molecule has 48 heavy (non-hydrogen) atoms. The molecule has 2 saturated carbocycles. The number of ether oxygens (including phenoxy) is 1. The van der Waals surface area contributed by atoms with Crippen molar-refractivity contribution >= 4 is 5.97 Å². The van der Waals surface area contributed by atoms with E-state index in [4.69, 9.17) is 4.74 Å². The zero-order chi connectivity index (χ0) is 35.0. The molecule has 2 nitrogen and oxygen atoms in total. The van der Waals surface area contributed by atoms with E-state index in [1.807, 2.05) is 11.1 Å². The Kier molecular flexibility index (Phi) is 14.4. The highest BCUT2D eigenvalue weighted by molar-refractivity contribution is 5.69. The topological polar surface area (TPSA) is 26.3 Å². The minimum Gasteiger partial charge on any atom is -0.462 e. The molecule has 4 aliphatic rings. The van der Waals surface area contributed by atoms with Gasteiger partial charge in [0, 0.05) is 11.8 Å². The maximum Gasteiger partial charge on any atom is 0.306 e. The Morgan fingerprint density at radius 1 is 0.771 bits per heavy atom. The van der Waals surface area contributed by atoms with Crippen molar-refractivity contribution in [1.82, 2.24) is 0 Å². The summed E-state index contributed by atoms with van der Waals surface area (Å²) in [5.41, 5.74) is 6.25. The van der Waals surface area contributed by atoms with Crippen molar-refractivity contribution in [3.63, 3.8) is 0 Å². The molecular weight excluding hydrogens is 585 g/mol. The van der Waals surface area contributed by atoms with E-state index in [0.29, 0.717) is 23.2 Å². The Balaban J connectivity index is 1.26. The maximum atomic E-state index is 13.1. The molecule has 2 heteroatoms. The first-order chi connectivity index (χ1) is 22.8. The number of esters is 1. The number of hydrogen-bond acceptors (Lipinski definition) is 2. The summed E-state index contributed by atoms with van der Waals surface area (Å²) in [6.45, 7) is 22.2. The minimum absolute atomic E-state index is 0.0243. The molecule has 0 spiro atoms. The van der Waals surface area contributed by atoms with Crippen LogP contribution in [0, 0.1) is 39.4 Å². The van der Waals surface area contributed by atoms with Crippen molar-refractivity contribution in [2.75, 3.05) is 0 Å². The molecule has 0 saturated heterocycles. The number of rotatable bonds is 19. The van der Waals surface area contributed by atoms with E-state index < -0.39 is 0 Å². The van der Waals surface area contributed by atoms with Crippen LogP contribution in [0.2, 0.25) is 0 Å². The fourth-order valence-corrected chi connectivity index (χ4v) is 12.2. The normalized spacial score (nSPS) is 33.1. The Bertz CT molecular complexity index is 1090. The first-order valence-corrected chi connectivity index (χ1v) is 21.4. The number of unbranched alkanes of at least 4 members (excludes halogenated alkanes) is 12. The van der Waals surface area contributed by atoms with E-state index in [2.05, 4.69) is 68.4 Å². The van der Waals surface area contributed by atoms with Crippen LogP contribution in [0.25, 0.3) is 0 Å². The minimum atomic E-state index is 0.0243. The Labute approximate surface area is 299 Å². The van der Waals surface area contributed by atoms with Crippen LogP contribution in [-0.2, 0) is 9.53 Å². The number of allylic oxidation sites excluding steroid dienone is 4. The molecule has 0 aromatic heterocycles. The van der Waals surface area contributed by atoms with Crippen LogP contribution >= 0.6 is 0 Å². The lowest BCUT2D eigenvalue weighted by atomic mass is 9.43. The van der Waals surface area contributed by atoms with Crippen LogP contribution in [0.3, 0.4) is 0 Å². The third-order valence-corrected chi connectivity index (χ3v) is 15.4. The lowest BCUT2D eigenvalue weighted by molar-refractivity contribution is -0.170. The quantitative estimate of drug-likeness (QED) is 0.0780. The van der Waals surface area contributed by atoms with Crippen molar-refractivity contribution in [2.24, 2.45) is 39.4 Å². The second-order valence-corrected chi connectivity index (χ2v) is 19.0. The molecule has 0 heterocycles. The SMILES string of the molecule is CCCCCCCCCCCCCCCC(=O)OC1CC[C@]2(C)C3=C(CCC2C1(C)C)[C@]1(C)CC[C@H]([C@H](C)CCC=C(C)C)[C@@]1(C)CC3. The lowest BCUT2D eigenvalue weighted by Crippen LogP contribution is -2.55. The standard InChI is InChI=1S/C46H80O2/c1-10-11-12-13-14-15-16-17-18-19-20-21-22-26-42(47)48-41-31-32-44(7)38-30-34-45(8)37(36(4)25-23-24-35(2)3)29-33-46(45,9)39(38)27-28-40(44)43(41,5)6/h24,36-37,40-41H,10-23,25-34H2,1-9H3/t36-,37-,40?,41?,44-,45-,46+/m1/s1. The van der Waals surface area contributed by atoms with Crippen LogP contribution in [0.4, 0.5) is 0 Å². The maximum absolute atomic E-state index is 13.1. The molecule has 7 atom stereocenters. The van der Waals surface area contributed by atoms with Crippen LogP contribution in [0.5, 0.6) is 0 Å². The molecule has 0 N–H and O–H groups in total. The van der Waals surface area contributed by atoms with Gasteiger partial charge in [0.25, 0.3) is 0 Å². The Morgan fingerprint density at radius 2 is 1.38 bits per heavy atom. The van der Waals surface area contributed by atoms with Gasteiger partial charge in [0.2, 0.25) is 0 Å². The van der Waals surface area contributed by atoms with E-state index in [1.54, 1.807) is 0 Å². The van der Waals surface area contributed by atoms with E-state index in [-0.39, 0.29) is 22.9 Å². The van der Waals surface area contributed by atoms with E-state index >= 15 is 0 Å². The molecule has 0 radical (unpaired) electrons. The van der Waals surface area contributed by atoms with E-state index in [1.165, 1.54) is 140 Å². The lowest BCUT2D eigenvalue weighted by Gasteiger charge is -2.62. The van der Waals surface area contributed by atoms with Crippen molar-refractivity contribution < 1.29 is 9.53 Å². The van der Waals surface area contributed by atoms with Gasteiger partial charge in [0.05, 0.1) is 0 Å². The van der Waals surface area contributed by atoms with Crippen molar-refractivity contribution in [2.45, 2.75) is 223 Å². The summed E-state index contributed by atoms with van der Waals surface area (Å²) in [7, 11) is 0. The number of carbonyl (C=O) groups excluding carboxylic acids is 1. The zero-order valence-corrected chi connectivity index (χ0v) is 33.7. The van der Waals surface area contributed by atoms with E-state index in [9.17, 15) is 4.79 Å². The highest BCUT2D eigenvalue weighted by Crippen LogP contribution is 2.72. The molecule has 0 aliphatic heterocycles. The Hall–Kier alpha value is -1.05. The van der Waals surface area contributed by atoms with Gasteiger partial charge in [-0.1, -0.05) is 148 Å². The second kappa shape index (κ2) is 17.4. The predicted octanol–water partition coefficient (Wildman–Crippen LogP) is 14.5. The largest absolute Gasteiger partial charge is 0.462 e. The molecular formula is C46H80O2. The molecule has 4 aliphatic carbocycles. The summed E-state index contributed by atoms with van der Waals surface area (Å²) >= 11 is 0. The predicted molar refractivity (Wildman–Crippen MR) is 207 cm³/mol. The van der Waals surface area contributed by atoms with Crippen LogP contribution < -0.4 is 0 Å². The van der Waals surface area contributed by atoms with Gasteiger partial charge in [-0.05, 0) is 118 Å². The van der Waals surface area contributed by atoms with Gasteiger partial charge >= 0.3 is 5.97 Å². The van der Waals surface area contributed by atoms with Crippen molar-refractivity contribution in [1.29, 1.82) is 0 Å². The summed E-state index contributed by atoms with van der Waals surface area (Å²) in [5, 5.41) is 0. The first kappa shape index (κ1) is 39.7.